The van der Waals surface area contributed by atoms with E-state index in [2.05, 4.69) is 0 Å². The summed E-state index contributed by atoms with van der Waals surface area (Å²) in [5, 5.41) is 30.4. The SMILES string of the molecule is O=C(O)/C=C/C(=O)O.O=C(O)C(=O)O. The van der Waals surface area contributed by atoms with Gasteiger partial charge in [0.25, 0.3) is 0 Å². The molecule has 0 heterocycles. The molecular weight excluding hydrogens is 200 g/mol. The Morgan fingerprint density at radius 3 is 0.929 bits per heavy atom. The number of hydrogen-bond acceptors (Lipinski definition) is 4. The molecule has 0 spiro atoms. The quantitative estimate of drug-likeness (QED) is 0.327. The highest BCUT2D eigenvalue weighted by Gasteiger charge is 2.04. The summed E-state index contributed by atoms with van der Waals surface area (Å²) in [5.41, 5.74) is 0. The van der Waals surface area contributed by atoms with Gasteiger partial charge in [0.15, 0.2) is 0 Å². The maximum absolute atomic E-state index is 9.55. The van der Waals surface area contributed by atoms with Crippen LogP contribution in [0, 0.1) is 0 Å². The van der Waals surface area contributed by atoms with Gasteiger partial charge in [-0.25, -0.2) is 19.2 Å². The van der Waals surface area contributed by atoms with Crippen molar-refractivity contribution in [1.29, 1.82) is 0 Å². The summed E-state index contributed by atoms with van der Waals surface area (Å²) in [7, 11) is 0. The average molecular weight is 206 g/mol. The molecule has 0 fully saturated rings. The second-order valence-corrected chi connectivity index (χ2v) is 1.62. The van der Waals surface area contributed by atoms with Crippen molar-refractivity contribution in [2.75, 3.05) is 0 Å². The fourth-order valence-electron chi connectivity index (χ4n) is 0.143. The third-order valence-electron chi connectivity index (χ3n) is 0.551. The topological polar surface area (TPSA) is 149 Å². The van der Waals surface area contributed by atoms with Crippen LogP contribution in [0.2, 0.25) is 0 Å². The van der Waals surface area contributed by atoms with E-state index < -0.39 is 23.9 Å². The summed E-state index contributed by atoms with van der Waals surface area (Å²) >= 11 is 0. The van der Waals surface area contributed by atoms with Crippen molar-refractivity contribution < 1.29 is 39.6 Å². The Bertz CT molecular complexity index is 248. The van der Waals surface area contributed by atoms with Crippen LogP contribution in [0.4, 0.5) is 0 Å². The van der Waals surface area contributed by atoms with Crippen molar-refractivity contribution in [3.8, 4) is 0 Å². The van der Waals surface area contributed by atoms with Crippen molar-refractivity contribution in [2.24, 2.45) is 0 Å². The minimum absolute atomic E-state index is 0.558. The maximum atomic E-state index is 9.55. The molecule has 0 radical (unpaired) electrons. The van der Waals surface area contributed by atoms with Crippen molar-refractivity contribution in [3.63, 3.8) is 0 Å². The van der Waals surface area contributed by atoms with Crippen LogP contribution >= 0.6 is 0 Å². The molecule has 14 heavy (non-hydrogen) atoms. The van der Waals surface area contributed by atoms with Crippen molar-refractivity contribution in [2.45, 2.75) is 0 Å². The third kappa shape index (κ3) is 16.3. The molecule has 8 heteroatoms. The maximum Gasteiger partial charge on any atom is 0.414 e. The van der Waals surface area contributed by atoms with E-state index in [1.54, 1.807) is 0 Å². The van der Waals surface area contributed by atoms with Gasteiger partial charge in [-0.2, -0.15) is 0 Å². The predicted molar refractivity (Wildman–Crippen MR) is 39.7 cm³/mol. The fourth-order valence-corrected chi connectivity index (χ4v) is 0.143. The van der Waals surface area contributed by atoms with Gasteiger partial charge in [-0.15, -0.1) is 0 Å². The van der Waals surface area contributed by atoms with E-state index in [-0.39, 0.29) is 0 Å². The molecule has 0 rings (SSSR count). The van der Waals surface area contributed by atoms with Crippen molar-refractivity contribution in [1.82, 2.24) is 0 Å². The van der Waals surface area contributed by atoms with Crippen LogP contribution in [0.3, 0.4) is 0 Å². The largest absolute Gasteiger partial charge is 0.478 e. The third-order valence-corrected chi connectivity index (χ3v) is 0.551. The van der Waals surface area contributed by atoms with Crippen LogP contribution in [-0.2, 0) is 19.2 Å². The summed E-state index contributed by atoms with van der Waals surface area (Å²) < 4.78 is 0. The summed E-state index contributed by atoms with van der Waals surface area (Å²) in [4.78, 5) is 37.3. The smallest absolute Gasteiger partial charge is 0.414 e. The lowest BCUT2D eigenvalue weighted by Crippen LogP contribution is -2.09. The Kier molecular flexibility index (Phi) is 7.36. The summed E-state index contributed by atoms with van der Waals surface area (Å²) in [6.07, 6.45) is 1.12. The first-order chi connectivity index (χ1) is 6.27. The molecule has 0 unspecified atom stereocenters. The Balaban J connectivity index is 0. The molecule has 8 nitrogen and oxygen atoms in total. The van der Waals surface area contributed by atoms with Crippen LogP contribution in [0.15, 0.2) is 12.2 Å². The molecule has 0 aromatic heterocycles. The summed E-state index contributed by atoms with van der Waals surface area (Å²) in [5.74, 6) is -6.16. The molecular formula is C6H6O8. The van der Waals surface area contributed by atoms with Gasteiger partial charge in [0.1, 0.15) is 0 Å². The summed E-state index contributed by atoms with van der Waals surface area (Å²) in [6, 6.07) is 0. The minimum Gasteiger partial charge on any atom is -0.478 e. The molecule has 0 aliphatic carbocycles. The zero-order chi connectivity index (χ0) is 11.7. The van der Waals surface area contributed by atoms with Gasteiger partial charge < -0.3 is 20.4 Å². The number of carboxylic acids is 4. The van der Waals surface area contributed by atoms with E-state index in [0.29, 0.717) is 12.2 Å². The lowest BCUT2D eigenvalue weighted by molar-refractivity contribution is -0.159. The molecule has 0 aromatic carbocycles. The normalized spacial score (nSPS) is 8.57. The monoisotopic (exact) mass is 206 g/mol. The first kappa shape index (κ1) is 14.2. The van der Waals surface area contributed by atoms with Crippen molar-refractivity contribution >= 4 is 23.9 Å². The molecule has 0 aromatic rings. The van der Waals surface area contributed by atoms with Crippen LogP contribution in [0.25, 0.3) is 0 Å². The first-order valence-corrected chi connectivity index (χ1v) is 2.87. The highest BCUT2D eigenvalue weighted by molar-refractivity contribution is 6.27. The Morgan fingerprint density at radius 2 is 0.857 bits per heavy atom. The minimum atomic E-state index is -1.82. The number of rotatable bonds is 2. The number of aliphatic carboxylic acids is 4. The molecule has 0 aliphatic heterocycles. The van der Waals surface area contributed by atoms with E-state index in [9.17, 15) is 9.59 Å². The van der Waals surface area contributed by atoms with E-state index in [4.69, 9.17) is 30.0 Å². The van der Waals surface area contributed by atoms with Gasteiger partial charge in [-0.1, -0.05) is 0 Å². The molecule has 78 valence electrons. The molecule has 0 aliphatic rings. The lowest BCUT2D eigenvalue weighted by Gasteiger charge is -1.74. The number of carboxylic acid groups (broad SMARTS) is 4. The van der Waals surface area contributed by atoms with Crippen LogP contribution in [0.1, 0.15) is 0 Å². The van der Waals surface area contributed by atoms with E-state index >= 15 is 0 Å². The number of hydrogen-bond donors (Lipinski definition) is 4. The van der Waals surface area contributed by atoms with Gasteiger partial charge in [0, 0.05) is 12.2 Å². The Morgan fingerprint density at radius 1 is 0.643 bits per heavy atom. The van der Waals surface area contributed by atoms with Gasteiger partial charge in [-0.3, -0.25) is 0 Å². The van der Waals surface area contributed by atoms with E-state index in [0.717, 1.165) is 0 Å². The van der Waals surface area contributed by atoms with E-state index in [1.807, 2.05) is 0 Å². The van der Waals surface area contributed by atoms with Crippen LogP contribution in [-0.4, -0.2) is 44.3 Å². The molecule has 0 saturated heterocycles. The number of carbonyl (C=O) groups is 4. The van der Waals surface area contributed by atoms with Crippen molar-refractivity contribution in [3.05, 3.63) is 12.2 Å². The molecule has 4 N–H and O–H groups in total. The second kappa shape index (κ2) is 7.28. The summed E-state index contributed by atoms with van der Waals surface area (Å²) in [6.45, 7) is 0. The first-order valence-electron chi connectivity index (χ1n) is 2.87. The highest BCUT2D eigenvalue weighted by atomic mass is 16.4. The lowest BCUT2D eigenvalue weighted by atomic mass is 10.5. The molecule has 0 atom stereocenters. The van der Waals surface area contributed by atoms with Gasteiger partial charge >= 0.3 is 23.9 Å². The van der Waals surface area contributed by atoms with Crippen LogP contribution in [0.5, 0.6) is 0 Å². The zero-order valence-corrected chi connectivity index (χ0v) is 6.58. The van der Waals surface area contributed by atoms with Gasteiger partial charge in [-0.05, 0) is 0 Å². The zero-order valence-electron chi connectivity index (χ0n) is 6.58. The average Bonchev–Trinajstić information content (AvgIpc) is 2.01. The van der Waals surface area contributed by atoms with Crippen LogP contribution < -0.4 is 0 Å². The van der Waals surface area contributed by atoms with Gasteiger partial charge in [0.05, 0.1) is 0 Å². The van der Waals surface area contributed by atoms with Gasteiger partial charge in [0.2, 0.25) is 0 Å². The highest BCUT2D eigenvalue weighted by Crippen LogP contribution is 1.70. The molecule has 0 saturated carbocycles. The molecule has 0 bridgehead atoms. The molecule has 0 amide bonds. The Labute approximate surface area is 76.7 Å². The standard InChI is InChI=1S/C4H4O4.C2H2O4/c5-3(6)1-2-4(7)8;3-1(4)2(5)6/h1-2H,(H,5,6)(H,7,8);(H,3,4)(H,5,6)/b2-1+;. The predicted octanol–water partition coefficient (Wildman–Crippen LogP) is -1.13. The second-order valence-electron chi connectivity index (χ2n) is 1.62. The Hall–Kier alpha value is -2.38. The fraction of sp³-hybridized carbons (Fsp3) is 0. The van der Waals surface area contributed by atoms with E-state index in [1.165, 1.54) is 0 Å².